The summed E-state index contributed by atoms with van der Waals surface area (Å²) >= 11 is 0. The normalized spacial score (nSPS) is 14.5. The molecule has 0 heterocycles. The molecule has 0 radical (unpaired) electrons. The van der Waals surface area contributed by atoms with Crippen LogP contribution < -0.4 is 4.74 Å². The van der Waals surface area contributed by atoms with Crippen LogP contribution in [0.4, 0.5) is 0 Å². The second kappa shape index (κ2) is 5.60. The maximum Gasteiger partial charge on any atom is 0.335 e. The van der Waals surface area contributed by atoms with Gasteiger partial charge in [0.2, 0.25) is 0 Å². The summed E-state index contributed by atoms with van der Waals surface area (Å²) in [5.41, 5.74) is 3.45. The van der Waals surface area contributed by atoms with E-state index in [1.165, 1.54) is 24.8 Å². The van der Waals surface area contributed by atoms with Gasteiger partial charge in [0, 0.05) is 5.56 Å². The Labute approximate surface area is 124 Å². The van der Waals surface area contributed by atoms with Crippen LogP contribution in [0.1, 0.15) is 41.1 Å². The van der Waals surface area contributed by atoms with E-state index in [0.717, 1.165) is 11.1 Å². The molecule has 1 fully saturated rings. The highest BCUT2D eigenvalue weighted by Gasteiger charge is 2.19. The van der Waals surface area contributed by atoms with Gasteiger partial charge in [-0.25, -0.2) is 4.79 Å². The number of rotatable bonds is 4. The number of hydrogen-bond donors (Lipinski definition) is 1. The van der Waals surface area contributed by atoms with Gasteiger partial charge in [-0.15, -0.1) is 0 Å². The highest BCUT2D eigenvalue weighted by atomic mass is 16.5. The van der Waals surface area contributed by atoms with E-state index < -0.39 is 5.97 Å². The lowest BCUT2D eigenvalue weighted by Crippen LogP contribution is -2.08. The molecule has 0 saturated heterocycles. The summed E-state index contributed by atoms with van der Waals surface area (Å²) in [6.45, 7) is 0. The van der Waals surface area contributed by atoms with E-state index in [2.05, 4.69) is 24.3 Å². The first kappa shape index (κ1) is 13.7. The summed E-state index contributed by atoms with van der Waals surface area (Å²) in [7, 11) is 1.60. The zero-order valence-electron chi connectivity index (χ0n) is 12.0. The number of aromatic carboxylic acids is 1. The predicted octanol–water partition coefficient (Wildman–Crippen LogP) is 4.33. The average molecular weight is 282 g/mol. The highest BCUT2D eigenvalue weighted by molar-refractivity contribution is 5.90. The van der Waals surface area contributed by atoms with Gasteiger partial charge in [-0.3, -0.25) is 0 Å². The van der Waals surface area contributed by atoms with Crippen molar-refractivity contribution in [2.75, 3.05) is 7.11 Å². The highest BCUT2D eigenvalue weighted by Crippen LogP contribution is 2.38. The van der Waals surface area contributed by atoms with Crippen molar-refractivity contribution >= 4 is 5.97 Å². The third-order valence-electron chi connectivity index (χ3n) is 4.24. The van der Waals surface area contributed by atoms with Crippen LogP contribution in [0.25, 0.3) is 11.1 Å². The lowest BCUT2D eigenvalue weighted by Gasteiger charge is -2.25. The summed E-state index contributed by atoms with van der Waals surface area (Å²) in [4.78, 5) is 11.1. The largest absolute Gasteiger partial charge is 0.496 e. The molecule has 0 unspecified atom stereocenters. The number of benzene rings is 2. The average Bonchev–Trinajstić information content (AvgIpc) is 2.45. The molecule has 0 aliphatic heterocycles. The molecule has 2 aromatic carbocycles. The van der Waals surface area contributed by atoms with Gasteiger partial charge in [0.25, 0.3) is 0 Å². The molecule has 0 amide bonds. The third-order valence-corrected chi connectivity index (χ3v) is 4.24. The molecule has 3 heteroatoms. The molecule has 3 rings (SSSR count). The zero-order valence-corrected chi connectivity index (χ0v) is 12.0. The lowest BCUT2D eigenvalue weighted by molar-refractivity contribution is 0.0697. The minimum atomic E-state index is -0.926. The molecule has 1 aliphatic carbocycles. The third kappa shape index (κ3) is 2.64. The number of ether oxygens (including phenoxy) is 1. The van der Waals surface area contributed by atoms with E-state index in [9.17, 15) is 4.79 Å². The van der Waals surface area contributed by atoms with Gasteiger partial charge < -0.3 is 9.84 Å². The van der Waals surface area contributed by atoms with Gasteiger partial charge in [-0.2, -0.15) is 0 Å². The van der Waals surface area contributed by atoms with Crippen molar-refractivity contribution in [2.24, 2.45) is 0 Å². The SMILES string of the molecule is COc1ccc(C(=O)O)cc1-c1ccc(C2CCC2)cc1. The molecular formula is C18H18O3. The molecule has 0 spiro atoms. The number of carboxylic acids is 1. The van der Waals surface area contributed by atoms with Crippen molar-refractivity contribution < 1.29 is 14.6 Å². The Hall–Kier alpha value is -2.29. The van der Waals surface area contributed by atoms with Gasteiger partial charge in [0.05, 0.1) is 12.7 Å². The molecule has 108 valence electrons. The fourth-order valence-corrected chi connectivity index (χ4v) is 2.74. The van der Waals surface area contributed by atoms with Crippen LogP contribution >= 0.6 is 0 Å². The van der Waals surface area contributed by atoms with Crippen molar-refractivity contribution in [2.45, 2.75) is 25.2 Å². The van der Waals surface area contributed by atoms with Crippen LogP contribution in [0, 0.1) is 0 Å². The smallest absolute Gasteiger partial charge is 0.335 e. The molecule has 0 bridgehead atoms. The minimum absolute atomic E-state index is 0.272. The van der Waals surface area contributed by atoms with Gasteiger partial charge in [0.1, 0.15) is 5.75 Å². The molecule has 3 nitrogen and oxygen atoms in total. The van der Waals surface area contributed by atoms with Crippen LogP contribution in [0.3, 0.4) is 0 Å². The van der Waals surface area contributed by atoms with E-state index in [1.54, 1.807) is 25.3 Å². The zero-order chi connectivity index (χ0) is 14.8. The van der Waals surface area contributed by atoms with Crippen molar-refractivity contribution in [3.8, 4) is 16.9 Å². The van der Waals surface area contributed by atoms with Crippen LogP contribution in [0.2, 0.25) is 0 Å². The number of carbonyl (C=O) groups is 1. The lowest BCUT2D eigenvalue weighted by atomic mass is 9.80. The molecule has 0 atom stereocenters. The van der Waals surface area contributed by atoms with Crippen molar-refractivity contribution in [3.63, 3.8) is 0 Å². The standard InChI is InChI=1S/C18H18O3/c1-21-17-10-9-15(18(19)20)11-16(17)14-7-5-13(6-8-14)12-3-2-4-12/h5-12H,2-4H2,1H3,(H,19,20). The summed E-state index contributed by atoms with van der Waals surface area (Å²) in [5.74, 6) is 0.465. The minimum Gasteiger partial charge on any atom is -0.496 e. The van der Waals surface area contributed by atoms with Gasteiger partial charge in [-0.1, -0.05) is 30.7 Å². The second-order valence-corrected chi connectivity index (χ2v) is 5.47. The van der Waals surface area contributed by atoms with E-state index in [-0.39, 0.29) is 5.56 Å². The topological polar surface area (TPSA) is 46.5 Å². The fourth-order valence-electron chi connectivity index (χ4n) is 2.74. The summed E-state index contributed by atoms with van der Waals surface area (Å²) in [6.07, 6.45) is 3.87. The molecule has 21 heavy (non-hydrogen) atoms. The Morgan fingerprint density at radius 3 is 2.38 bits per heavy atom. The Kier molecular flexibility index (Phi) is 3.65. The monoisotopic (exact) mass is 282 g/mol. The van der Waals surface area contributed by atoms with Crippen molar-refractivity contribution in [1.82, 2.24) is 0 Å². The fraction of sp³-hybridized carbons (Fsp3) is 0.278. The van der Waals surface area contributed by atoms with Crippen LogP contribution in [-0.4, -0.2) is 18.2 Å². The van der Waals surface area contributed by atoms with E-state index in [1.807, 2.05) is 0 Å². The Morgan fingerprint density at radius 2 is 1.86 bits per heavy atom. The predicted molar refractivity (Wildman–Crippen MR) is 82.0 cm³/mol. The van der Waals surface area contributed by atoms with E-state index in [4.69, 9.17) is 9.84 Å². The van der Waals surface area contributed by atoms with Crippen molar-refractivity contribution in [3.05, 3.63) is 53.6 Å². The number of carboxylic acid groups (broad SMARTS) is 1. The quantitative estimate of drug-likeness (QED) is 0.908. The molecular weight excluding hydrogens is 264 g/mol. The van der Waals surface area contributed by atoms with Gasteiger partial charge in [-0.05, 0) is 48.1 Å². The Bertz CT molecular complexity index is 655. The summed E-state index contributed by atoms with van der Waals surface area (Å²) < 4.78 is 5.35. The summed E-state index contributed by atoms with van der Waals surface area (Å²) in [6, 6.07) is 13.3. The van der Waals surface area contributed by atoms with Gasteiger partial charge >= 0.3 is 5.97 Å². The first-order valence-electron chi connectivity index (χ1n) is 7.20. The van der Waals surface area contributed by atoms with E-state index in [0.29, 0.717) is 11.7 Å². The number of hydrogen-bond acceptors (Lipinski definition) is 2. The Morgan fingerprint density at radius 1 is 1.14 bits per heavy atom. The van der Waals surface area contributed by atoms with Crippen LogP contribution in [0.5, 0.6) is 5.75 Å². The van der Waals surface area contributed by atoms with Crippen molar-refractivity contribution in [1.29, 1.82) is 0 Å². The maximum absolute atomic E-state index is 11.1. The van der Waals surface area contributed by atoms with E-state index >= 15 is 0 Å². The molecule has 1 N–H and O–H groups in total. The molecule has 2 aromatic rings. The summed E-state index contributed by atoms with van der Waals surface area (Å²) in [5, 5.41) is 9.14. The molecule has 1 aliphatic rings. The molecule has 1 saturated carbocycles. The Balaban J connectivity index is 1.97. The van der Waals surface area contributed by atoms with Crippen LogP contribution in [0.15, 0.2) is 42.5 Å². The first-order valence-corrected chi connectivity index (χ1v) is 7.20. The maximum atomic E-state index is 11.1. The first-order chi connectivity index (χ1) is 10.2. The van der Waals surface area contributed by atoms with Gasteiger partial charge in [0.15, 0.2) is 0 Å². The number of methoxy groups -OCH3 is 1. The second-order valence-electron chi connectivity index (χ2n) is 5.47. The van der Waals surface area contributed by atoms with Crippen LogP contribution in [-0.2, 0) is 0 Å². The molecule has 0 aromatic heterocycles.